The van der Waals surface area contributed by atoms with Crippen molar-refractivity contribution in [2.24, 2.45) is 0 Å². The molecular formula is C29H34N2O5S2. The van der Waals surface area contributed by atoms with Crippen molar-refractivity contribution in [1.29, 1.82) is 0 Å². The Labute approximate surface area is 232 Å². The Balaban J connectivity index is 1.49. The molecule has 0 bridgehead atoms. The second-order valence-corrected chi connectivity index (χ2v) is 11.0. The summed E-state index contributed by atoms with van der Waals surface area (Å²) in [4.78, 5) is 19.2. The van der Waals surface area contributed by atoms with Crippen LogP contribution in [0.15, 0.2) is 64.9 Å². The first-order valence-corrected chi connectivity index (χ1v) is 15.1. The van der Waals surface area contributed by atoms with Crippen LogP contribution in [0.4, 0.5) is 16.2 Å². The van der Waals surface area contributed by atoms with Gasteiger partial charge in [-0.3, -0.25) is 4.84 Å². The highest BCUT2D eigenvalue weighted by atomic mass is 32.2. The molecule has 38 heavy (non-hydrogen) atoms. The summed E-state index contributed by atoms with van der Waals surface area (Å²) in [5, 5.41) is 19.3. The number of anilines is 2. The van der Waals surface area contributed by atoms with Gasteiger partial charge in [0.05, 0.1) is 6.61 Å². The molecule has 0 amide bonds. The Bertz CT molecular complexity index is 1200. The molecule has 1 aliphatic rings. The molecule has 202 valence electrons. The lowest BCUT2D eigenvalue weighted by Crippen LogP contribution is -2.26. The van der Waals surface area contributed by atoms with Crippen LogP contribution in [0.3, 0.4) is 0 Å². The molecule has 2 heterocycles. The quantitative estimate of drug-likeness (QED) is 0.177. The van der Waals surface area contributed by atoms with Crippen LogP contribution < -0.4 is 9.74 Å². The highest BCUT2D eigenvalue weighted by Gasteiger charge is 2.28. The fourth-order valence-corrected chi connectivity index (χ4v) is 6.52. The van der Waals surface area contributed by atoms with E-state index in [9.17, 15) is 15.0 Å². The van der Waals surface area contributed by atoms with E-state index in [0.29, 0.717) is 17.7 Å². The maximum absolute atomic E-state index is 12.0. The topological polar surface area (TPSA) is 84.2 Å². The molecule has 9 heteroatoms. The number of benzene rings is 2. The number of nitrogens with zero attached hydrogens (tertiary/aromatic N) is 2. The van der Waals surface area contributed by atoms with Gasteiger partial charge in [-0.15, -0.1) is 28.3 Å². The van der Waals surface area contributed by atoms with Crippen LogP contribution in [0, 0.1) is 0 Å². The van der Waals surface area contributed by atoms with Crippen LogP contribution in [0.1, 0.15) is 50.2 Å². The largest absolute Gasteiger partial charge is 0.533 e. The molecular weight excluding hydrogens is 520 g/mol. The Hall–Kier alpha value is -3.17. The van der Waals surface area contributed by atoms with Gasteiger partial charge in [-0.2, -0.15) is 0 Å². The summed E-state index contributed by atoms with van der Waals surface area (Å²) in [6, 6.07) is 19.4. The molecule has 2 N–H and O–H groups in total. The van der Waals surface area contributed by atoms with Gasteiger partial charge in [0, 0.05) is 51.0 Å². The second kappa shape index (κ2) is 13.6. The van der Waals surface area contributed by atoms with Crippen molar-refractivity contribution in [3.05, 3.63) is 76.0 Å². The van der Waals surface area contributed by atoms with Crippen molar-refractivity contribution in [1.82, 2.24) is 4.73 Å². The number of para-hydroxylation sites is 2. The molecule has 0 saturated heterocycles. The predicted molar refractivity (Wildman–Crippen MR) is 156 cm³/mol. The Morgan fingerprint density at radius 3 is 2.11 bits per heavy atom. The first-order chi connectivity index (χ1) is 18.5. The van der Waals surface area contributed by atoms with Crippen molar-refractivity contribution >= 4 is 46.6 Å². The molecule has 2 aromatic carbocycles. The van der Waals surface area contributed by atoms with Gasteiger partial charge in [0.25, 0.3) is 0 Å². The highest BCUT2D eigenvalue weighted by molar-refractivity contribution is 8.22. The van der Waals surface area contributed by atoms with E-state index in [2.05, 4.69) is 66.6 Å². The second-order valence-electron chi connectivity index (χ2n) is 8.85. The zero-order valence-corrected chi connectivity index (χ0v) is 23.4. The number of hydrogen-bond acceptors (Lipinski definition) is 8. The first-order valence-electron chi connectivity index (χ1n) is 12.9. The van der Waals surface area contributed by atoms with Crippen molar-refractivity contribution in [2.75, 3.05) is 30.1 Å². The van der Waals surface area contributed by atoms with Gasteiger partial charge in [0.1, 0.15) is 0 Å². The number of aromatic hydroxyl groups is 2. The van der Waals surface area contributed by atoms with E-state index in [-0.39, 0.29) is 6.61 Å². The summed E-state index contributed by atoms with van der Waals surface area (Å²) in [6.45, 7) is 2.99. The minimum Gasteiger partial charge on any atom is -0.492 e. The summed E-state index contributed by atoms with van der Waals surface area (Å²) in [6.07, 6.45) is 6.72. The van der Waals surface area contributed by atoms with Crippen molar-refractivity contribution in [3.8, 4) is 11.8 Å². The van der Waals surface area contributed by atoms with Gasteiger partial charge in [-0.25, -0.2) is 4.79 Å². The molecule has 3 aromatic rings. The predicted octanol–water partition coefficient (Wildman–Crippen LogP) is 7.40. The molecule has 0 spiro atoms. The van der Waals surface area contributed by atoms with Gasteiger partial charge in [0.2, 0.25) is 11.8 Å². The first kappa shape index (κ1) is 27.9. The number of ether oxygens (including phenoxy) is 1. The van der Waals surface area contributed by atoms with Crippen LogP contribution in [-0.4, -0.2) is 46.3 Å². The summed E-state index contributed by atoms with van der Waals surface area (Å²) in [5.41, 5.74) is 5.95. The molecule has 0 fully saturated rings. The number of rotatable bonds is 12. The van der Waals surface area contributed by atoms with E-state index in [0.717, 1.165) is 17.1 Å². The monoisotopic (exact) mass is 554 g/mol. The third kappa shape index (κ3) is 6.45. The van der Waals surface area contributed by atoms with E-state index in [1.54, 1.807) is 0 Å². The number of thioether (sulfide) groups is 2. The average Bonchev–Trinajstić information content (AvgIpc) is 3.25. The van der Waals surface area contributed by atoms with E-state index in [1.807, 2.05) is 23.5 Å². The number of fused-ring (bicyclic) bond motifs is 2. The SMILES string of the molecule is CCCCCCSC(SC)=C1c2ccccc2N(CCCOC(=O)On2c(O)ccc2O)c2ccccc21. The molecule has 1 aromatic heterocycles. The Morgan fingerprint density at radius 1 is 0.868 bits per heavy atom. The fourth-order valence-electron chi connectivity index (χ4n) is 4.48. The van der Waals surface area contributed by atoms with Gasteiger partial charge in [-0.05, 0) is 37.0 Å². The minimum absolute atomic E-state index is 0.120. The number of carbonyl (C=O) groups is 1. The van der Waals surface area contributed by atoms with Crippen LogP contribution in [0.2, 0.25) is 0 Å². The standard InChI is InChI=1S/C29H34N2O5S2/c1-3-4-5-10-20-38-28(37-2)27-21-12-6-8-14-23(21)30(24-15-9-7-13-22(24)27)18-11-19-35-29(34)36-31-25(32)16-17-26(31)33/h6-9,12-17,32-33H,3-5,10-11,18-20H2,1-2H3. The molecule has 4 rings (SSSR count). The van der Waals surface area contributed by atoms with Crippen molar-refractivity contribution in [2.45, 2.75) is 39.0 Å². The Morgan fingerprint density at radius 2 is 1.50 bits per heavy atom. The van der Waals surface area contributed by atoms with E-state index >= 15 is 0 Å². The van der Waals surface area contributed by atoms with E-state index in [4.69, 9.17) is 9.57 Å². The molecule has 0 saturated carbocycles. The summed E-state index contributed by atoms with van der Waals surface area (Å²) in [7, 11) is 0. The van der Waals surface area contributed by atoms with Gasteiger partial charge >= 0.3 is 6.16 Å². The molecule has 0 atom stereocenters. The summed E-state index contributed by atoms with van der Waals surface area (Å²) >= 11 is 3.76. The van der Waals surface area contributed by atoms with Crippen LogP contribution in [-0.2, 0) is 4.74 Å². The lowest BCUT2D eigenvalue weighted by Gasteiger charge is -2.35. The van der Waals surface area contributed by atoms with Crippen molar-refractivity contribution < 1.29 is 24.6 Å². The molecule has 1 aliphatic heterocycles. The van der Waals surface area contributed by atoms with E-state index < -0.39 is 17.9 Å². The zero-order chi connectivity index (χ0) is 26.9. The number of hydrogen-bond donors (Lipinski definition) is 2. The average molecular weight is 555 g/mol. The molecule has 7 nitrogen and oxygen atoms in total. The smallest absolute Gasteiger partial charge is 0.492 e. The highest BCUT2D eigenvalue weighted by Crippen LogP contribution is 2.49. The zero-order valence-electron chi connectivity index (χ0n) is 21.8. The van der Waals surface area contributed by atoms with Gasteiger partial charge in [-0.1, -0.05) is 62.6 Å². The minimum atomic E-state index is -1.00. The van der Waals surface area contributed by atoms with E-state index in [1.165, 1.54) is 58.8 Å². The lowest BCUT2D eigenvalue weighted by atomic mass is 9.91. The number of aromatic nitrogens is 1. The summed E-state index contributed by atoms with van der Waals surface area (Å²) < 4.78 is 7.14. The van der Waals surface area contributed by atoms with Crippen LogP contribution >= 0.6 is 23.5 Å². The third-order valence-electron chi connectivity index (χ3n) is 6.26. The van der Waals surface area contributed by atoms with Gasteiger partial charge < -0.3 is 19.8 Å². The number of carbonyl (C=O) groups excluding carboxylic acids is 1. The molecule has 0 unspecified atom stereocenters. The maximum Gasteiger partial charge on any atom is 0.533 e. The van der Waals surface area contributed by atoms with Crippen molar-refractivity contribution in [3.63, 3.8) is 0 Å². The van der Waals surface area contributed by atoms with Gasteiger partial charge in [0.15, 0.2) is 0 Å². The fraction of sp³-hybridized carbons (Fsp3) is 0.345. The third-order valence-corrected chi connectivity index (χ3v) is 8.65. The lowest BCUT2D eigenvalue weighted by molar-refractivity contribution is 0.0353. The molecule has 0 radical (unpaired) electrons. The molecule has 0 aliphatic carbocycles. The number of unbranched alkanes of at least 4 members (excludes halogenated alkanes) is 3. The van der Waals surface area contributed by atoms with Crippen LogP contribution in [0.25, 0.3) is 5.57 Å². The Kier molecular flexibility index (Phi) is 9.95. The summed E-state index contributed by atoms with van der Waals surface area (Å²) in [5.74, 6) is 0.321. The van der Waals surface area contributed by atoms with Crippen LogP contribution in [0.5, 0.6) is 11.8 Å². The maximum atomic E-state index is 12.0. The normalized spacial score (nSPS) is 12.2.